The van der Waals surface area contributed by atoms with E-state index < -0.39 is 5.92 Å². The van der Waals surface area contributed by atoms with E-state index in [0.717, 1.165) is 5.56 Å². The largest absolute Gasteiger partial charge is 0.497 e. The SMILES string of the molecule is COc1ccc(N2C[C@@H](C(=O)N(C)Cc3ccc(OC)c(OC)c3)CC2=O)c(OC)c1. The maximum atomic E-state index is 13.0. The van der Waals surface area contributed by atoms with E-state index in [-0.39, 0.29) is 18.2 Å². The van der Waals surface area contributed by atoms with Crippen molar-refractivity contribution < 1.29 is 28.5 Å². The lowest BCUT2D eigenvalue weighted by Crippen LogP contribution is -2.34. The van der Waals surface area contributed by atoms with Crippen LogP contribution < -0.4 is 23.8 Å². The first kappa shape index (κ1) is 22.3. The molecule has 1 heterocycles. The van der Waals surface area contributed by atoms with E-state index in [9.17, 15) is 9.59 Å². The predicted molar refractivity (Wildman–Crippen MR) is 116 cm³/mol. The van der Waals surface area contributed by atoms with Crippen LogP contribution in [0.2, 0.25) is 0 Å². The average molecular weight is 428 g/mol. The zero-order valence-electron chi connectivity index (χ0n) is 18.5. The minimum Gasteiger partial charge on any atom is -0.497 e. The van der Waals surface area contributed by atoms with E-state index in [0.29, 0.717) is 41.8 Å². The van der Waals surface area contributed by atoms with Crippen molar-refractivity contribution in [1.82, 2.24) is 4.90 Å². The van der Waals surface area contributed by atoms with Crippen LogP contribution in [0.1, 0.15) is 12.0 Å². The Kier molecular flexibility index (Phi) is 6.89. The molecule has 8 heteroatoms. The number of nitrogens with zero attached hydrogens (tertiary/aromatic N) is 2. The molecular formula is C23H28N2O6. The smallest absolute Gasteiger partial charge is 0.228 e. The van der Waals surface area contributed by atoms with Gasteiger partial charge in [0.2, 0.25) is 11.8 Å². The van der Waals surface area contributed by atoms with Gasteiger partial charge in [0, 0.05) is 32.6 Å². The Balaban J connectivity index is 1.71. The Labute approximate surface area is 182 Å². The van der Waals surface area contributed by atoms with Crippen LogP contribution in [0.4, 0.5) is 5.69 Å². The van der Waals surface area contributed by atoms with E-state index in [2.05, 4.69) is 0 Å². The number of carbonyl (C=O) groups excluding carboxylic acids is 2. The van der Waals surface area contributed by atoms with Gasteiger partial charge in [0.15, 0.2) is 11.5 Å². The molecule has 2 aromatic rings. The second-order valence-electron chi connectivity index (χ2n) is 7.33. The monoisotopic (exact) mass is 428 g/mol. The highest BCUT2D eigenvalue weighted by molar-refractivity contribution is 6.01. The molecule has 8 nitrogen and oxygen atoms in total. The van der Waals surface area contributed by atoms with Gasteiger partial charge in [-0.1, -0.05) is 6.07 Å². The summed E-state index contributed by atoms with van der Waals surface area (Å²) in [5.74, 6) is 1.78. The van der Waals surface area contributed by atoms with Crippen molar-refractivity contribution >= 4 is 17.5 Å². The molecule has 3 rings (SSSR count). The van der Waals surface area contributed by atoms with Crippen molar-refractivity contribution in [3.63, 3.8) is 0 Å². The molecule has 1 fully saturated rings. The number of carbonyl (C=O) groups is 2. The van der Waals surface area contributed by atoms with Crippen LogP contribution in [0.5, 0.6) is 23.0 Å². The molecule has 1 aliphatic rings. The molecule has 1 atom stereocenters. The van der Waals surface area contributed by atoms with Gasteiger partial charge in [0.1, 0.15) is 11.5 Å². The van der Waals surface area contributed by atoms with Crippen molar-refractivity contribution in [2.75, 3.05) is 46.9 Å². The number of rotatable bonds is 8. The number of hydrogen-bond acceptors (Lipinski definition) is 6. The van der Waals surface area contributed by atoms with E-state index in [1.54, 1.807) is 63.5 Å². The summed E-state index contributed by atoms with van der Waals surface area (Å²) < 4.78 is 21.2. The molecule has 1 aliphatic heterocycles. The van der Waals surface area contributed by atoms with E-state index in [1.807, 2.05) is 18.2 Å². The fraction of sp³-hybridized carbons (Fsp3) is 0.391. The first-order valence-electron chi connectivity index (χ1n) is 9.90. The Hall–Kier alpha value is -3.42. The number of anilines is 1. The third-order valence-electron chi connectivity index (χ3n) is 5.40. The summed E-state index contributed by atoms with van der Waals surface area (Å²) in [7, 11) is 7.99. The maximum absolute atomic E-state index is 13.0. The molecule has 31 heavy (non-hydrogen) atoms. The van der Waals surface area contributed by atoms with Gasteiger partial charge in [0.25, 0.3) is 0 Å². The third kappa shape index (κ3) is 4.68. The van der Waals surface area contributed by atoms with Crippen molar-refractivity contribution in [2.24, 2.45) is 5.92 Å². The lowest BCUT2D eigenvalue weighted by molar-refractivity contribution is -0.135. The minimum absolute atomic E-state index is 0.0851. The Bertz CT molecular complexity index is 961. The second-order valence-corrected chi connectivity index (χ2v) is 7.33. The quantitative estimate of drug-likeness (QED) is 0.644. The molecule has 2 amide bonds. The van der Waals surface area contributed by atoms with Gasteiger partial charge in [-0.25, -0.2) is 0 Å². The number of benzene rings is 2. The Morgan fingerprint density at radius 1 is 0.968 bits per heavy atom. The van der Waals surface area contributed by atoms with Crippen molar-refractivity contribution in [1.29, 1.82) is 0 Å². The van der Waals surface area contributed by atoms with Crippen LogP contribution in [0.25, 0.3) is 0 Å². The second kappa shape index (κ2) is 9.59. The first-order chi connectivity index (χ1) is 14.9. The summed E-state index contributed by atoms with van der Waals surface area (Å²) in [5.41, 5.74) is 1.54. The summed E-state index contributed by atoms with van der Waals surface area (Å²) in [5, 5.41) is 0. The standard InChI is InChI=1S/C23H28N2O6/c1-24(13-15-6-9-19(29-3)21(10-15)31-5)23(27)16-11-22(26)25(14-16)18-8-7-17(28-2)12-20(18)30-4/h6-10,12,16H,11,13-14H2,1-5H3/t16-/m0/s1. The van der Waals surface area contributed by atoms with Crippen molar-refractivity contribution in [3.05, 3.63) is 42.0 Å². The molecule has 1 saturated heterocycles. The molecule has 2 aromatic carbocycles. The predicted octanol–water partition coefficient (Wildman–Crippen LogP) is 2.73. The van der Waals surface area contributed by atoms with E-state index >= 15 is 0 Å². The van der Waals surface area contributed by atoms with Gasteiger partial charge in [-0.05, 0) is 29.8 Å². The summed E-state index contributed by atoms with van der Waals surface area (Å²) >= 11 is 0. The molecular weight excluding hydrogens is 400 g/mol. The highest BCUT2D eigenvalue weighted by atomic mass is 16.5. The van der Waals surface area contributed by atoms with E-state index in [4.69, 9.17) is 18.9 Å². The summed E-state index contributed by atoms with van der Waals surface area (Å²) in [6.07, 6.45) is 0.157. The molecule has 166 valence electrons. The molecule has 0 unspecified atom stereocenters. The van der Waals surface area contributed by atoms with Crippen LogP contribution in [0.3, 0.4) is 0 Å². The average Bonchev–Trinajstić information content (AvgIpc) is 3.18. The minimum atomic E-state index is -0.426. The van der Waals surface area contributed by atoms with Crippen LogP contribution in [-0.2, 0) is 16.1 Å². The number of ether oxygens (including phenoxy) is 4. The fourth-order valence-electron chi connectivity index (χ4n) is 3.76. The van der Waals surface area contributed by atoms with Gasteiger partial charge in [0.05, 0.1) is 40.0 Å². The number of amides is 2. The number of methoxy groups -OCH3 is 4. The molecule has 0 spiro atoms. The van der Waals surface area contributed by atoms with Gasteiger partial charge in [-0.15, -0.1) is 0 Å². The Morgan fingerprint density at radius 2 is 1.68 bits per heavy atom. The zero-order chi connectivity index (χ0) is 22.5. The van der Waals surface area contributed by atoms with Gasteiger partial charge in [-0.3, -0.25) is 9.59 Å². The summed E-state index contributed by atoms with van der Waals surface area (Å²) in [6, 6.07) is 10.8. The zero-order valence-corrected chi connectivity index (χ0v) is 18.5. The topological polar surface area (TPSA) is 77.5 Å². The van der Waals surface area contributed by atoms with Crippen LogP contribution >= 0.6 is 0 Å². The molecule has 0 radical (unpaired) electrons. The van der Waals surface area contributed by atoms with E-state index in [1.165, 1.54) is 0 Å². The van der Waals surface area contributed by atoms with Crippen molar-refractivity contribution in [3.8, 4) is 23.0 Å². The van der Waals surface area contributed by atoms with Gasteiger partial charge < -0.3 is 28.7 Å². The molecule has 0 aliphatic carbocycles. The van der Waals surface area contributed by atoms with Crippen LogP contribution in [-0.4, -0.2) is 58.7 Å². The summed E-state index contributed by atoms with van der Waals surface area (Å²) in [4.78, 5) is 29.0. The number of hydrogen-bond donors (Lipinski definition) is 0. The van der Waals surface area contributed by atoms with Crippen molar-refractivity contribution in [2.45, 2.75) is 13.0 Å². The molecule has 0 bridgehead atoms. The van der Waals surface area contributed by atoms with Gasteiger partial charge >= 0.3 is 0 Å². The maximum Gasteiger partial charge on any atom is 0.228 e. The lowest BCUT2D eigenvalue weighted by atomic mass is 10.1. The third-order valence-corrected chi connectivity index (χ3v) is 5.40. The highest BCUT2D eigenvalue weighted by Crippen LogP contribution is 2.36. The Morgan fingerprint density at radius 3 is 2.32 bits per heavy atom. The normalized spacial score (nSPS) is 15.6. The van der Waals surface area contributed by atoms with Crippen LogP contribution in [0.15, 0.2) is 36.4 Å². The van der Waals surface area contributed by atoms with Crippen LogP contribution in [0, 0.1) is 5.92 Å². The lowest BCUT2D eigenvalue weighted by Gasteiger charge is -2.23. The molecule has 0 N–H and O–H groups in total. The fourth-order valence-corrected chi connectivity index (χ4v) is 3.76. The summed E-state index contributed by atoms with van der Waals surface area (Å²) in [6.45, 7) is 0.701. The molecule has 0 aromatic heterocycles. The molecule has 0 saturated carbocycles. The first-order valence-corrected chi connectivity index (χ1v) is 9.90. The highest BCUT2D eigenvalue weighted by Gasteiger charge is 2.37. The van der Waals surface area contributed by atoms with Gasteiger partial charge in [-0.2, -0.15) is 0 Å².